The van der Waals surface area contributed by atoms with E-state index < -0.39 is 0 Å². The molecule has 0 bridgehead atoms. The predicted molar refractivity (Wildman–Crippen MR) is 121 cm³/mol. The van der Waals surface area contributed by atoms with Crippen molar-refractivity contribution in [3.63, 3.8) is 0 Å². The Hall–Kier alpha value is -2.19. The molecule has 8 heteroatoms. The first-order chi connectivity index (χ1) is 13.8. The molecule has 0 amide bonds. The fourth-order valence-corrected chi connectivity index (χ4v) is 3.54. The SMILES string of the molecule is CC(C)n1cc(Br)cnc1=O.CC(C)n1cc(SCc2ccccc2)cnc1=O. The minimum Gasteiger partial charge on any atom is -0.296 e. The van der Waals surface area contributed by atoms with Gasteiger partial charge in [-0.15, -0.1) is 11.8 Å². The molecular weight excluding hydrogens is 452 g/mol. The molecule has 154 valence electrons. The quantitative estimate of drug-likeness (QED) is 0.498. The Morgan fingerprint density at radius 3 is 2.00 bits per heavy atom. The lowest BCUT2D eigenvalue weighted by Gasteiger charge is -2.10. The molecule has 3 rings (SSSR count). The number of hydrogen-bond acceptors (Lipinski definition) is 5. The van der Waals surface area contributed by atoms with Gasteiger partial charge in [0.2, 0.25) is 0 Å². The highest BCUT2D eigenvalue weighted by Gasteiger charge is 2.04. The van der Waals surface area contributed by atoms with E-state index in [4.69, 9.17) is 0 Å². The van der Waals surface area contributed by atoms with E-state index >= 15 is 0 Å². The Kier molecular flexibility index (Phi) is 8.85. The Bertz CT molecular complexity index is 1030. The molecule has 0 spiro atoms. The van der Waals surface area contributed by atoms with E-state index in [1.165, 1.54) is 11.8 Å². The second kappa shape index (κ2) is 11.1. The highest BCUT2D eigenvalue weighted by Crippen LogP contribution is 2.21. The van der Waals surface area contributed by atoms with Gasteiger partial charge in [-0.3, -0.25) is 9.13 Å². The first-order valence-electron chi connectivity index (χ1n) is 9.26. The number of hydrogen-bond donors (Lipinski definition) is 0. The van der Waals surface area contributed by atoms with Crippen molar-refractivity contribution in [2.75, 3.05) is 0 Å². The Morgan fingerprint density at radius 1 is 0.897 bits per heavy atom. The van der Waals surface area contributed by atoms with Crippen LogP contribution in [0.3, 0.4) is 0 Å². The number of nitrogens with zero attached hydrogens (tertiary/aromatic N) is 4. The van der Waals surface area contributed by atoms with Gasteiger partial charge < -0.3 is 0 Å². The van der Waals surface area contributed by atoms with Crippen molar-refractivity contribution in [2.45, 2.75) is 50.4 Å². The van der Waals surface area contributed by atoms with Gasteiger partial charge in [0.15, 0.2) is 0 Å². The van der Waals surface area contributed by atoms with Crippen LogP contribution in [0.5, 0.6) is 0 Å². The molecular formula is C21H25BrN4O2S. The van der Waals surface area contributed by atoms with Gasteiger partial charge in [0.05, 0.1) is 4.47 Å². The number of halogens is 1. The first kappa shape index (κ1) is 23.1. The molecule has 6 nitrogen and oxygen atoms in total. The van der Waals surface area contributed by atoms with Crippen LogP contribution < -0.4 is 11.4 Å². The van der Waals surface area contributed by atoms with Gasteiger partial charge in [0.25, 0.3) is 0 Å². The normalized spacial score (nSPS) is 10.7. The number of rotatable bonds is 5. The maximum absolute atomic E-state index is 11.5. The predicted octanol–water partition coefficient (Wildman–Crippen LogP) is 4.70. The van der Waals surface area contributed by atoms with Crippen LogP contribution in [0.25, 0.3) is 0 Å². The van der Waals surface area contributed by atoms with Crippen molar-refractivity contribution >= 4 is 27.7 Å². The molecule has 1 aromatic carbocycles. The van der Waals surface area contributed by atoms with E-state index in [9.17, 15) is 9.59 Å². The number of thioether (sulfide) groups is 1. The van der Waals surface area contributed by atoms with Crippen molar-refractivity contribution < 1.29 is 0 Å². The van der Waals surface area contributed by atoms with Crippen molar-refractivity contribution in [3.8, 4) is 0 Å². The van der Waals surface area contributed by atoms with E-state index in [2.05, 4.69) is 38.0 Å². The van der Waals surface area contributed by atoms with Crippen molar-refractivity contribution in [3.05, 3.63) is 86.1 Å². The Labute approximate surface area is 183 Å². The highest BCUT2D eigenvalue weighted by molar-refractivity contribution is 9.10. The molecule has 0 saturated heterocycles. The van der Waals surface area contributed by atoms with E-state index in [1.807, 2.05) is 52.1 Å². The van der Waals surface area contributed by atoms with E-state index in [1.54, 1.807) is 33.3 Å². The fourth-order valence-electron chi connectivity index (χ4n) is 2.37. The summed E-state index contributed by atoms with van der Waals surface area (Å²) in [6.07, 6.45) is 6.77. The molecule has 2 aromatic heterocycles. The lowest BCUT2D eigenvalue weighted by molar-refractivity contribution is 0.556. The van der Waals surface area contributed by atoms with Crippen LogP contribution >= 0.6 is 27.7 Å². The minimum absolute atomic E-state index is 0.141. The molecule has 0 aliphatic heterocycles. The third kappa shape index (κ3) is 7.29. The summed E-state index contributed by atoms with van der Waals surface area (Å²) in [7, 11) is 0. The topological polar surface area (TPSA) is 69.8 Å². The third-order valence-corrected chi connectivity index (χ3v) is 5.36. The first-order valence-corrected chi connectivity index (χ1v) is 11.0. The molecule has 0 N–H and O–H groups in total. The number of benzene rings is 1. The average Bonchev–Trinajstić information content (AvgIpc) is 2.70. The monoisotopic (exact) mass is 476 g/mol. The van der Waals surface area contributed by atoms with Crippen LogP contribution in [0, 0.1) is 0 Å². The van der Waals surface area contributed by atoms with Crippen LogP contribution in [-0.4, -0.2) is 19.1 Å². The van der Waals surface area contributed by atoms with Gasteiger partial charge in [-0.1, -0.05) is 30.3 Å². The smallest absolute Gasteiger partial charge is 0.296 e. The summed E-state index contributed by atoms with van der Waals surface area (Å²) in [4.78, 5) is 31.2. The second-order valence-corrected chi connectivity index (χ2v) is 8.87. The van der Waals surface area contributed by atoms with Crippen molar-refractivity contribution in [2.24, 2.45) is 0 Å². The summed E-state index contributed by atoms with van der Waals surface area (Å²) in [5.41, 5.74) is 0.877. The standard InChI is InChI=1S/C14H16N2OS.C7H9BrN2O/c1-11(2)16-9-13(8-15-14(16)17)18-10-12-6-4-3-5-7-12;1-5(2)10-4-6(8)3-9-7(10)11/h3-9,11H,10H2,1-2H3;3-5H,1-2H3. The summed E-state index contributed by atoms with van der Waals surface area (Å²) in [5, 5.41) is 0. The molecule has 0 atom stereocenters. The zero-order chi connectivity index (χ0) is 21.4. The van der Waals surface area contributed by atoms with Crippen molar-refractivity contribution in [1.82, 2.24) is 19.1 Å². The molecule has 2 heterocycles. The summed E-state index contributed by atoms with van der Waals surface area (Å²) in [6.45, 7) is 7.84. The maximum atomic E-state index is 11.5. The molecule has 29 heavy (non-hydrogen) atoms. The van der Waals surface area contributed by atoms with Gasteiger partial charge >= 0.3 is 11.4 Å². The molecule has 0 aliphatic rings. The van der Waals surface area contributed by atoms with Crippen LogP contribution in [0.2, 0.25) is 0 Å². The molecule has 0 radical (unpaired) electrons. The van der Waals surface area contributed by atoms with Gasteiger partial charge in [-0.2, -0.15) is 0 Å². The lowest BCUT2D eigenvalue weighted by atomic mass is 10.2. The van der Waals surface area contributed by atoms with Gasteiger partial charge in [0.1, 0.15) is 0 Å². The summed E-state index contributed by atoms with van der Waals surface area (Å²) in [5.74, 6) is 0.888. The van der Waals surface area contributed by atoms with Gasteiger partial charge in [-0.25, -0.2) is 19.6 Å². The van der Waals surface area contributed by atoms with Gasteiger partial charge in [-0.05, 0) is 49.2 Å². The van der Waals surface area contributed by atoms with Crippen LogP contribution in [0.1, 0.15) is 45.3 Å². The second-order valence-electron chi connectivity index (χ2n) is 6.90. The van der Waals surface area contributed by atoms with Crippen molar-refractivity contribution in [1.29, 1.82) is 0 Å². The Morgan fingerprint density at radius 2 is 1.45 bits per heavy atom. The molecule has 0 fully saturated rings. The van der Waals surface area contributed by atoms with E-state index in [0.717, 1.165) is 15.1 Å². The minimum atomic E-state index is -0.205. The molecule has 0 aliphatic carbocycles. The molecule has 0 saturated carbocycles. The molecule has 0 unspecified atom stereocenters. The zero-order valence-electron chi connectivity index (χ0n) is 16.9. The number of aromatic nitrogens is 4. The third-order valence-electron chi connectivity index (χ3n) is 3.93. The highest BCUT2D eigenvalue weighted by atomic mass is 79.9. The van der Waals surface area contributed by atoms with E-state index in [0.29, 0.717) is 0 Å². The van der Waals surface area contributed by atoms with Crippen LogP contribution in [0.15, 0.2) is 74.1 Å². The lowest BCUT2D eigenvalue weighted by Crippen LogP contribution is -2.23. The van der Waals surface area contributed by atoms with Crippen LogP contribution in [-0.2, 0) is 5.75 Å². The molecule has 3 aromatic rings. The summed E-state index contributed by atoms with van der Waals surface area (Å²) < 4.78 is 4.06. The Balaban J connectivity index is 0.000000234. The van der Waals surface area contributed by atoms with E-state index in [-0.39, 0.29) is 23.5 Å². The summed E-state index contributed by atoms with van der Waals surface area (Å²) in [6, 6.07) is 10.6. The average molecular weight is 477 g/mol. The van der Waals surface area contributed by atoms with Crippen LogP contribution in [0.4, 0.5) is 0 Å². The van der Waals surface area contributed by atoms with Gasteiger partial charge in [0, 0.05) is 47.5 Å². The zero-order valence-corrected chi connectivity index (χ0v) is 19.4. The largest absolute Gasteiger partial charge is 0.347 e. The summed E-state index contributed by atoms with van der Waals surface area (Å²) >= 11 is 4.93. The maximum Gasteiger partial charge on any atom is 0.347 e. The fraction of sp³-hybridized carbons (Fsp3) is 0.333.